The zero-order chi connectivity index (χ0) is 18.3. The first-order chi connectivity index (χ1) is 12.5. The van der Waals surface area contributed by atoms with Crippen LogP contribution in [0.4, 0.5) is 0 Å². The van der Waals surface area contributed by atoms with E-state index in [9.17, 15) is 5.11 Å². The Kier molecular flexibility index (Phi) is 4.92. The van der Waals surface area contributed by atoms with E-state index in [1.165, 1.54) is 10.4 Å². The first kappa shape index (κ1) is 18.1. The number of ether oxygens (including phenoxy) is 1. The van der Waals surface area contributed by atoms with E-state index in [0.29, 0.717) is 5.92 Å². The third-order valence-corrected chi connectivity index (χ3v) is 7.41. The van der Waals surface area contributed by atoms with Gasteiger partial charge in [-0.1, -0.05) is 6.92 Å². The first-order valence-electron chi connectivity index (χ1n) is 9.89. The fourth-order valence-electron chi connectivity index (χ4n) is 4.57. The van der Waals surface area contributed by atoms with Gasteiger partial charge in [0.1, 0.15) is 17.3 Å². The number of aromatic nitrogens is 2. The summed E-state index contributed by atoms with van der Waals surface area (Å²) in [6, 6.07) is 0. The standard InChI is InChI=1S/C20H29N3O2S/c1-3-20(21)8-6-14(7-9-20)25-18-17-16-13(10-12(2)24)4-5-15(16)26-19(17)23-11-22-18/h11-14,24H,3-10,21H2,1-2H3/t12-,13-,14?,20?/m1/s1. The Bertz CT molecular complexity index is 781. The van der Waals surface area contributed by atoms with Crippen molar-refractivity contribution in [1.29, 1.82) is 0 Å². The lowest BCUT2D eigenvalue weighted by atomic mass is 9.79. The predicted octanol–water partition coefficient (Wildman–Crippen LogP) is 3.92. The van der Waals surface area contributed by atoms with Gasteiger partial charge in [0.25, 0.3) is 0 Å². The number of nitrogens with two attached hydrogens (primary N) is 1. The second-order valence-corrected chi connectivity index (χ2v) is 9.23. The Morgan fingerprint density at radius 3 is 2.81 bits per heavy atom. The molecule has 0 aliphatic heterocycles. The second kappa shape index (κ2) is 7.06. The van der Waals surface area contributed by atoms with Gasteiger partial charge in [0.2, 0.25) is 5.88 Å². The van der Waals surface area contributed by atoms with Gasteiger partial charge in [0.15, 0.2) is 0 Å². The molecule has 0 bridgehead atoms. The zero-order valence-corrected chi connectivity index (χ0v) is 16.5. The van der Waals surface area contributed by atoms with Crippen molar-refractivity contribution in [3.05, 3.63) is 16.8 Å². The normalized spacial score (nSPS) is 29.7. The molecule has 4 rings (SSSR count). The molecule has 26 heavy (non-hydrogen) atoms. The van der Waals surface area contributed by atoms with E-state index in [4.69, 9.17) is 10.5 Å². The van der Waals surface area contributed by atoms with Gasteiger partial charge < -0.3 is 15.6 Å². The van der Waals surface area contributed by atoms with E-state index in [1.807, 2.05) is 6.92 Å². The molecule has 6 heteroatoms. The Labute approximate surface area is 159 Å². The number of hydrogen-bond acceptors (Lipinski definition) is 6. The topological polar surface area (TPSA) is 81.3 Å². The Morgan fingerprint density at radius 2 is 2.12 bits per heavy atom. The number of nitrogens with zero attached hydrogens (tertiary/aromatic N) is 2. The molecule has 1 fully saturated rings. The van der Waals surface area contributed by atoms with Crippen LogP contribution in [0.2, 0.25) is 0 Å². The largest absolute Gasteiger partial charge is 0.474 e. The molecule has 5 nitrogen and oxygen atoms in total. The zero-order valence-electron chi connectivity index (χ0n) is 15.7. The number of aliphatic hydroxyl groups is 1. The Hall–Kier alpha value is -1.24. The summed E-state index contributed by atoms with van der Waals surface area (Å²) < 4.78 is 6.38. The van der Waals surface area contributed by atoms with Crippen LogP contribution in [-0.2, 0) is 6.42 Å². The highest BCUT2D eigenvalue weighted by Gasteiger charge is 2.33. The van der Waals surface area contributed by atoms with Crippen molar-refractivity contribution in [2.24, 2.45) is 5.73 Å². The summed E-state index contributed by atoms with van der Waals surface area (Å²) in [6.45, 7) is 4.04. The van der Waals surface area contributed by atoms with Gasteiger partial charge in [0.05, 0.1) is 11.5 Å². The minimum atomic E-state index is -0.292. The van der Waals surface area contributed by atoms with Crippen LogP contribution in [0.1, 0.15) is 75.2 Å². The van der Waals surface area contributed by atoms with Gasteiger partial charge in [-0.05, 0) is 69.8 Å². The smallest absolute Gasteiger partial charge is 0.225 e. The van der Waals surface area contributed by atoms with Crippen molar-refractivity contribution < 1.29 is 9.84 Å². The number of aryl methyl sites for hydroxylation is 1. The van der Waals surface area contributed by atoms with Crippen molar-refractivity contribution in [1.82, 2.24) is 9.97 Å². The van der Waals surface area contributed by atoms with Gasteiger partial charge in [-0.2, -0.15) is 0 Å². The molecule has 3 N–H and O–H groups in total. The highest BCUT2D eigenvalue weighted by atomic mass is 32.1. The fraction of sp³-hybridized carbons (Fsp3) is 0.700. The van der Waals surface area contributed by atoms with Crippen molar-refractivity contribution >= 4 is 21.6 Å². The molecule has 2 aliphatic rings. The number of rotatable bonds is 5. The first-order valence-corrected chi connectivity index (χ1v) is 10.7. The molecule has 2 aromatic rings. The van der Waals surface area contributed by atoms with Gasteiger partial charge in [-0.25, -0.2) is 9.97 Å². The Balaban J connectivity index is 1.60. The minimum Gasteiger partial charge on any atom is -0.474 e. The molecule has 0 amide bonds. The lowest BCUT2D eigenvalue weighted by Gasteiger charge is -2.36. The van der Waals surface area contributed by atoms with Gasteiger partial charge in [0, 0.05) is 10.4 Å². The van der Waals surface area contributed by atoms with E-state index in [2.05, 4.69) is 16.9 Å². The number of hydrogen-bond donors (Lipinski definition) is 2. The molecule has 2 aromatic heterocycles. The fourth-order valence-corrected chi connectivity index (χ4v) is 5.80. The predicted molar refractivity (Wildman–Crippen MR) is 105 cm³/mol. The number of thiophene rings is 1. The second-order valence-electron chi connectivity index (χ2n) is 8.15. The minimum absolute atomic E-state index is 0.0210. The van der Waals surface area contributed by atoms with Crippen LogP contribution in [0.15, 0.2) is 6.33 Å². The molecule has 0 saturated heterocycles. The van der Waals surface area contributed by atoms with Crippen LogP contribution in [0.5, 0.6) is 5.88 Å². The van der Waals surface area contributed by atoms with E-state index in [0.717, 1.165) is 67.5 Å². The highest BCUT2D eigenvalue weighted by Crippen LogP contribution is 2.47. The SMILES string of the molecule is CCC1(N)CCC(Oc2ncnc3sc4c(c23)[C@@H](C[C@@H](C)O)CC4)CC1. The van der Waals surface area contributed by atoms with E-state index in [1.54, 1.807) is 17.7 Å². The molecule has 1 saturated carbocycles. The monoisotopic (exact) mass is 375 g/mol. The number of aliphatic hydroxyl groups excluding tert-OH is 1. The molecule has 0 unspecified atom stereocenters. The average molecular weight is 376 g/mol. The lowest BCUT2D eigenvalue weighted by molar-refractivity contribution is 0.113. The average Bonchev–Trinajstić information content (AvgIpc) is 3.17. The summed E-state index contributed by atoms with van der Waals surface area (Å²) in [6.07, 6.45) is 9.49. The van der Waals surface area contributed by atoms with Crippen molar-refractivity contribution in [2.75, 3.05) is 0 Å². The molecule has 0 aromatic carbocycles. The summed E-state index contributed by atoms with van der Waals surface area (Å²) in [5, 5.41) is 11.0. The Morgan fingerprint density at radius 1 is 1.35 bits per heavy atom. The van der Waals surface area contributed by atoms with E-state index in [-0.39, 0.29) is 17.7 Å². The van der Waals surface area contributed by atoms with Crippen LogP contribution >= 0.6 is 11.3 Å². The molecular weight excluding hydrogens is 346 g/mol. The molecular formula is C20H29N3O2S. The van der Waals surface area contributed by atoms with Gasteiger partial charge >= 0.3 is 0 Å². The third-order valence-electron chi connectivity index (χ3n) is 6.23. The van der Waals surface area contributed by atoms with Crippen molar-refractivity contribution in [3.63, 3.8) is 0 Å². The summed E-state index contributed by atoms with van der Waals surface area (Å²) in [5.41, 5.74) is 7.73. The van der Waals surface area contributed by atoms with Crippen LogP contribution in [0.3, 0.4) is 0 Å². The summed E-state index contributed by atoms with van der Waals surface area (Å²) in [4.78, 5) is 11.4. The third kappa shape index (κ3) is 3.35. The molecule has 0 radical (unpaired) electrons. The van der Waals surface area contributed by atoms with Gasteiger partial charge in [-0.3, -0.25) is 0 Å². The van der Waals surface area contributed by atoms with Crippen LogP contribution < -0.4 is 10.5 Å². The molecule has 0 spiro atoms. The lowest BCUT2D eigenvalue weighted by Crippen LogP contribution is -2.44. The number of fused-ring (bicyclic) bond motifs is 3. The molecule has 142 valence electrons. The van der Waals surface area contributed by atoms with Crippen LogP contribution in [0, 0.1) is 0 Å². The highest BCUT2D eigenvalue weighted by molar-refractivity contribution is 7.19. The summed E-state index contributed by atoms with van der Waals surface area (Å²) >= 11 is 1.76. The molecule has 2 heterocycles. The van der Waals surface area contributed by atoms with E-state index < -0.39 is 0 Å². The summed E-state index contributed by atoms with van der Waals surface area (Å²) in [5.74, 6) is 1.12. The van der Waals surface area contributed by atoms with Crippen LogP contribution in [-0.4, -0.2) is 32.8 Å². The summed E-state index contributed by atoms with van der Waals surface area (Å²) in [7, 11) is 0. The maximum atomic E-state index is 9.88. The van der Waals surface area contributed by atoms with E-state index >= 15 is 0 Å². The maximum Gasteiger partial charge on any atom is 0.225 e. The molecule has 2 atom stereocenters. The quantitative estimate of drug-likeness (QED) is 0.828. The van der Waals surface area contributed by atoms with Crippen LogP contribution in [0.25, 0.3) is 10.2 Å². The van der Waals surface area contributed by atoms with Crippen molar-refractivity contribution in [3.8, 4) is 5.88 Å². The van der Waals surface area contributed by atoms with Gasteiger partial charge in [-0.15, -0.1) is 11.3 Å². The maximum absolute atomic E-state index is 9.88. The van der Waals surface area contributed by atoms with Crippen molar-refractivity contribution in [2.45, 2.75) is 88.9 Å². The molecule has 2 aliphatic carbocycles.